The number of rotatable bonds is 7. The summed E-state index contributed by atoms with van der Waals surface area (Å²) in [6.45, 7) is 5.03. The predicted molar refractivity (Wildman–Crippen MR) is 108 cm³/mol. The van der Waals surface area contributed by atoms with Crippen molar-refractivity contribution in [1.29, 1.82) is 0 Å². The number of nitrogens with zero attached hydrogens (tertiary/aromatic N) is 3. The second-order valence-electron chi connectivity index (χ2n) is 5.99. The maximum Gasteiger partial charge on any atom is 0.193 e. The SMILES string of the molecule is CCCC1CC1NC(=NC)N(C)Cc1csc(C(C)OC)n1.I. The van der Waals surface area contributed by atoms with E-state index in [0.29, 0.717) is 6.04 Å². The van der Waals surface area contributed by atoms with Gasteiger partial charge in [-0.1, -0.05) is 13.3 Å². The van der Waals surface area contributed by atoms with Crippen LogP contribution in [-0.2, 0) is 11.3 Å². The van der Waals surface area contributed by atoms with Gasteiger partial charge in [-0.3, -0.25) is 4.99 Å². The van der Waals surface area contributed by atoms with Gasteiger partial charge in [0.05, 0.1) is 12.2 Å². The van der Waals surface area contributed by atoms with E-state index in [0.717, 1.165) is 29.1 Å². The van der Waals surface area contributed by atoms with Crippen molar-refractivity contribution in [2.24, 2.45) is 10.9 Å². The van der Waals surface area contributed by atoms with E-state index in [1.807, 2.05) is 14.0 Å². The normalized spacial score (nSPS) is 21.5. The topological polar surface area (TPSA) is 49.8 Å². The first-order chi connectivity index (χ1) is 10.6. The summed E-state index contributed by atoms with van der Waals surface area (Å²) in [6, 6.07) is 0.598. The Morgan fingerprint density at radius 3 is 2.96 bits per heavy atom. The summed E-state index contributed by atoms with van der Waals surface area (Å²) in [6.07, 6.45) is 3.90. The van der Waals surface area contributed by atoms with E-state index in [2.05, 4.69) is 39.5 Å². The summed E-state index contributed by atoms with van der Waals surface area (Å²) < 4.78 is 5.32. The third-order valence-corrected chi connectivity index (χ3v) is 5.19. The van der Waals surface area contributed by atoms with Crippen LogP contribution in [0.4, 0.5) is 0 Å². The van der Waals surface area contributed by atoms with Crippen molar-refractivity contribution in [3.63, 3.8) is 0 Å². The van der Waals surface area contributed by atoms with Crippen LogP contribution in [0.15, 0.2) is 10.4 Å². The van der Waals surface area contributed by atoms with Gasteiger partial charge in [-0.25, -0.2) is 4.98 Å². The molecule has 1 aliphatic carbocycles. The summed E-state index contributed by atoms with van der Waals surface area (Å²) in [5.41, 5.74) is 1.07. The van der Waals surface area contributed by atoms with Crippen LogP contribution in [0.25, 0.3) is 0 Å². The molecule has 1 heterocycles. The third-order valence-electron chi connectivity index (χ3n) is 4.14. The van der Waals surface area contributed by atoms with Crippen LogP contribution in [0.2, 0.25) is 0 Å². The average molecular weight is 452 g/mol. The van der Waals surface area contributed by atoms with Crippen molar-refractivity contribution >= 4 is 41.3 Å². The lowest BCUT2D eigenvalue weighted by Gasteiger charge is -2.21. The zero-order valence-corrected chi connectivity index (χ0v) is 17.9. The zero-order valence-electron chi connectivity index (χ0n) is 14.7. The van der Waals surface area contributed by atoms with E-state index >= 15 is 0 Å². The first kappa shape index (κ1) is 20.6. The monoisotopic (exact) mass is 452 g/mol. The molecular weight excluding hydrogens is 423 g/mol. The molecule has 1 aliphatic rings. The average Bonchev–Trinajstić information content (AvgIpc) is 3.07. The minimum atomic E-state index is 0. The molecular formula is C16H29IN4OS. The summed E-state index contributed by atoms with van der Waals surface area (Å²) in [4.78, 5) is 11.2. The summed E-state index contributed by atoms with van der Waals surface area (Å²) in [5, 5.41) is 6.69. The van der Waals surface area contributed by atoms with Gasteiger partial charge >= 0.3 is 0 Å². The van der Waals surface area contributed by atoms with Crippen molar-refractivity contribution < 1.29 is 4.74 Å². The number of hydrogen-bond donors (Lipinski definition) is 1. The number of nitrogens with one attached hydrogen (secondary N) is 1. The molecule has 0 saturated heterocycles. The Morgan fingerprint density at radius 2 is 2.35 bits per heavy atom. The Balaban J connectivity index is 0.00000264. The van der Waals surface area contributed by atoms with Gasteiger partial charge in [-0.05, 0) is 25.7 Å². The summed E-state index contributed by atoms with van der Waals surface area (Å²) in [5.74, 6) is 1.78. The van der Waals surface area contributed by atoms with E-state index in [9.17, 15) is 0 Å². The largest absolute Gasteiger partial charge is 0.375 e. The molecule has 0 aromatic carbocycles. The lowest BCUT2D eigenvalue weighted by molar-refractivity contribution is 0.119. The first-order valence-corrected chi connectivity index (χ1v) is 8.88. The van der Waals surface area contributed by atoms with Gasteiger partial charge in [-0.2, -0.15) is 0 Å². The highest BCUT2D eigenvalue weighted by atomic mass is 127. The maximum absolute atomic E-state index is 5.32. The molecule has 3 unspecified atom stereocenters. The van der Waals surface area contributed by atoms with Gasteiger partial charge in [0.2, 0.25) is 0 Å². The summed E-state index contributed by atoms with van der Waals surface area (Å²) in [7, 11) is 5.62. The molecule has 1 aromatic rings. The molecule has 3 atom stereocenters. The highest BCUT2D eigenvalue weighted by molar-refractivity contribution is 14.0. The molecule has 1 fully saturated rings. The second kappa shape index (κ2) is 9.78. The Morgan fingerprint density at radius 1 is 1.61 bits per heavy atom. The fraction of sp³-hybridized carbons (Fsp3) is 0.750. The fourth-order valence-electron chi connectivity index (χ4n) is 2.63. The van der Waals surface area contributed by atoms with Crippen LogP contribution in [0, 0.1) is 5.92 Å². The van der Waals surface area contributed by atoms with Crippen LogP contribution < -0.4 is 5.32 Å². The molecule has 7 heteroatoms. The highest BCUT2D eigenvalue weighted by Crippen LogP contribution is 2.34. The number of methoxy groups -OCH3 is 1. The van der Waals surface area contributed by atoms with Crippen LogP contribution in [0.5, 0.6) is 0 Å². The smallest absolute Gasteiger partial charge is 0.193 e. The third kappa shape index (κ3) is 5.86. The van der Waals surface area contributed by atoms with Crippen LogP contribution >= 0.6 is 35.3 Å². The molecule has 1 aromatic heterocycles. The van der Waals surface area contributed by atoms with Crippen molar-refractivity contribution in [2.45, 2.75) is 51.8 Å². The molecule has 1 N–H and O–H groups in total. The minimum Gasteiger partial charge on any atom is -0.375 e. The van der Waals surface area contributed by atoms with Crippen LogP contribution in [0.3, 0.4) is 0 Å². The molecule has 0 amide bonds. The number of halogens is 1. The molecule has 132 valence electrons. The first-order valence-electron chi connectivity index (χ1n) is 8.00. The van der Waals surface area contributed by atoms with Gasteiger partial charge in [0, 0.05) is 32.6 Å². The molecule has 0 spiro atoms. The Labute approximate surface area is 160 Å². The Bertz CT molecular complexity index is 508. The molecule has 1 saturated carbocycles. The lowest BCUT2D eigenvalue weighted by atomic mass is 10.2. The van der Waals surface area contributed by atoms with E-state index in [-0.39, 0.29) is 30.1 Å². The quantitative estimate of drug-likeness (QED) is 0.390. The van der Waals surface area contributed by atoms with Gasteiger partial charge in [0.25, 0.3) is 0 Å². The van der Waals surface area contributed by atoms with Crippen molar-refractivity contribution in [1.82, 2.24) is 15.2 Å². The Hall–Kier alpha value is -0.410. The van der Waals surface area contributed by atoms with Crippen LogP contribution in [-0.4, -0.2) is 43.1 Å². The minimum absolute atomic E-state index is 0. The van der Waals surface area contributed by atoms with E-state index in [1.54, 1.807) is 18.4 Å². The van der Waals surface area contributed by atoms with E-state index in [4.69, 9.17) is 4.74 Å². The molecule has 2 rings (SSSR count). The number of guanidine groups is 1. The number of ether oxygens (including phenoxy) is 1. The highest BCUT2D eigenvalue weighted by Gasteiger charge is 2.37. The number of aliphatic imine (C=N–C) groups is 1. The Kier molecular flexibility index (Phi) is 8.78. The van der Waals surface area contributed by atoms with E-state index < -0.39 is 0 Å². The standard InChI is InChI=1S/C16H28N4OS.HI/c1-6-7-12-8-14(12)19-16(17-3)20(4)9-13-10-22-15(18-13)11(2)21-5;/h10-12,14H,6-9H2,1-5H3,(H,17,19);1H. The van der Waals surface area contributed by atoms with Gasteiger partial charge < -0.3 is 15.0 Å². The van der Waals surface area contributed by atoms with Crippen LogP contribution in [0.1, 0.15) is 49.9 Å². The predicted octanol–water partition coefficient (Wildman–Crippen LogP) is 3.66. The lowest BCUT2D eigenvalue weighted by Crippen LogP contribution is -2.40. The maximum atomic E-state index is 5.32. The summed E-state index contributed by atoms with van der Waals surface area (Å²) >= 11 is 1.65. The fourth-order valence-corrected chi connectivity index (χ4v) is 3.47. The van der Waals surface area contributed by atoms with Crippen molar-refractivity contribution in [3.8, 4) is 0 Å². The van der Waals surface area contributed by atoms with Crippen molar-refractivity contribution in [3.05, 3.63) is 16.1 Å². The second-order valence-corrected chi connectivity index (χ2v) is 6.88. The molecule has 0 aliphatic heterocycles. The van der Waals surface area contributed by atoms with Gasteiger partial charge in [-0.15, -0.1) is 35.3 Å². The number of aromatic nitrogens is 1. The van der Waals surface area contributed by atoms with Crippen molar-refractivity contribution in [2.75, 3.05) is 21.2 Å². The molecule has 5 nitrogen and oxygen atoms in total. The van der Waals surface area contributed by atoms with E-state index in [1.165, 1.54) is 19.3 Å². The molecule has 0 bridgehead atoms. The van der Waals surface area contributed by atoms with Gasteiger partial charge in [0.15, 0.2) is 5.96 Å². The van der Waals surface area contributed by atoms with Gasteiger partial charge in [0.1, 0.15) is 11.1 Å². The number of thiazole rings is 1. The zero-order chi connectivity index (χ0) is 16.1. The molecule has 0 radical (unpaired) electrons. The molecule has 23 heavy (non-hydrogen) atoms. The number of hydrogen-bond acceptors (Lipinski definition) is 4.